The molecule has 1 aromatic heterocycles. The standard InChI is InChI=1S/C22H35N3O4/c1-17(2)16-29-19-15-20(26)25-10-5-3-4-7-18(25)21(19)22(27)23-8-6-9-24-11-13-28-14-12-24/h15,17H,3-14,16H2,1-2H3,(H,23,27). The van der Waals surface area contributed by atoms with Gasteiger partial charge < -0.3 is 19.4 Å². The first-order chi connectivity index (χ1) is 14.1. The van der Waals surface area contributed by atoms with Crippen molar-refractivity contribution in [3.8, 4) is 5.75 Å². The maximum Gasteiger partial charge on any atom is 0.256 e. The fourth-order valence-electron chi connectivity index (χ4n) is 3.95. The van der Waals surface area contributed by atoms with Crippen molar-refractivity contribution >= 4 is 5.91 Å². The Bertz CT molecular complexity index is 738. The molecule has 7 nitrogen and oxygen atoms in total. The maximum absolute atomic E-state index is 13.1. The summed E-state index contributed by atoms with van der Waals surface area (Å²) in [5.74, 6) is 0.625. The van der Waals surface area contributed by atoms with E-state index in [9.17, 15) is 9.59 Å². The number of aromatic nitrogens is 1. The van der Waals surface area contributed by atoms with Crippen molar-refractivity contribution in [2.75, 3.05) is 46.0 Å². The van der Waals surface area contributed by atoms with Gasteiger partial charge >= 0.3 is 0 Å². The monoisotopic (exact) mass is 405 g/mol. The van der Waals surface area contributed by atoms with Crippen LogP contribution in [0.4, 0.5) is 0 Å². The van der Waals surface area contributed by atoms with Crippen LogP contribution in [-0.2, 0) is 17.7 Å². The number of ether oxygens (including phenoxy) is 2. The molecule has 0 aliphatic carbocycles. The Morgan fingerprint density at radius 3 is 2.76 bits per heavy atom. The van der Waals surface area contributed by atoms with Gasteiger partial charge in [0.15, 0.2) is 0 Å². The van der Waals surface area contributed by atoms with E-state index in [-0.39, 0.29) is 11.5 Å². The van der Waals surface area contributed by atoms with Gasteiger partial charge in [-0.3, -0.25) is 14.5 Å². The van der Waals surface area contributed by atoms with Crippen molar-refractivity contribution in [3.63, 3.8) is 0 Å². The molecule has 3 rings (SSSR count). The first-order valence-electron chi connectivity index (χ1n) is 11.0. The summed E-state index contributed by atoms with van der Waals surface area (Å²) in [7, 11) is 0. The van der Waals surface area contributed by atoms with E-state index in [2.05, 4.69) is 24.1 Å². The first-order valence-corrected chi connectivity index (χ1v) is 11.0. The minimum absolute atomic E-state index is 0.0653. The van der Waals surface area contributed by atoms with Crippen LogP contribution in [0.25, 0.3) is 0 Å². The number of hydrogen-bond acceptors (Lipinski definition) is 5. The zero-order valence-electron chi connectivity index (χ0n) is 17.9. The van der Waals surface area contributed by atoms with Gasteiger partial charge in [-0.05, 0) is 38.1 Å². The van der Waals surface area contributed by atoms with Gasteiger partial charge in [-0.25, -0.2) is 0 Å². The van der Waals surface area contributed by atoms with E-state index >= 15 is 0 Å². The van der Waals surface area contributed by atoms with E-state index in [1.54, 1.807) is 4.57 Å². The summed E-state index contributed by atoms with van der Waals surface area (Å²) in [4.78, 5) is 28.1. The molecule has 7 heteroatoms. The molecule has 2 aliphatic rings. The molecule has 1 amide bonds. The van der Waals surface area contributed by atoms with Crippen LogP contribution in [0.15, 0.2) is 10.9 Å². The number of carbonyl (C=O) groups excluding carboxylic acids is 1. The van der Waals surface area contributed by atoms with E-state index in [4.69, 9.17) is 9.47 Å². The Morgan fingerprint density at radius 2 is 2.00 bits per heavy atom. The Balaban J connectivity index is 1.71. The van der Waals surface area contributed by atoms with Gasteiger partial charge in [0.1, 0.15) is 11.3 Å². The Labute approximate surface area is 173 Å². The molecule has 1 saturated heterocycles. The topological polar surface area (TPSA) is 72.8 Å². The lowest BCUT2D eigenvalue weighted by molar-refractivity contribution is 0.0374. The molecule has 162 valence electrons. The summed E-state index contributed by atoms with van der Waals surface area (Å²) >= 11 is 0. The van der Waals surface area contributed by atoms with Crippen molar-refractivity contribution in [2.45, 2.75) is 52.5 Å². The van der Waals surface area contributed by atoms with E-state index in [0.29, 0.717) is 36.9 Å². The molecular weight excluding hydrogens is 370 g/mol. The molecule has 0 atom stereocenters. The van der Waals surface area contributed by atoms with Crippen LogP contribution in [0.1, 0.15) is 55.6 Å². The van der Waals surface area contributed by atoms with Gasteiger partial charge in [-0.15, -0.1) is 0 Å². The maximum atomic E-state index is 13.1. The van der Waals surface area contributed by atoms with Crippen LogP contribution in [0.2, 0.25) is 0 Å². The molecule has 0 radical (unpaired) electrons. The summed E-state index contributed by atoms with van der Waals surface area (Å²) in [6, 6.07) is 1.50. The highest BCUT2D eigenvalue weighted by molar-refractivity contribution is 5.98. The molecule has 1 N–H and O–H groups in total. The first kappa shape index (κ1) is 21.8. The van der Waals surface area contributed by atoms with Gasteiger partial charge in [0.05, 0.1) is 19.8 Å². The van der Waals surface area contributed by atoms with Gasteiger partial charge in [0, 0.05) is 37.9 Å². The quantitative estimate of drug-likeness (QED) is 0.671. The largest absolute Gasteiger partial charge is 0.492 e. The highest BCUT2D eigenvalue weighted by Crippen LogP contribution is 2.25. The average Bonchev–Trinajstić information content (AvgIpc) is 2.97. The lowest BCUT2D eigenvalue weighted by Crippen LogP contribution is -2.38. The Hall–Kier alpha value is -1.86. The van der Waals surface area contributed by atoms with Crippen molar-refractivity contribution in [3.05, 3.63) is 27.7 Å². The number of hydrogen-bond donors (Lipinski definition) is 1. The van der Waals surface area contributed by atoms with Crippen LogP contribution in [0, 0.1) is 5.92 Å². The fourth-order valence-corrected chi connectivity index (χ4v) is 3.95. The molecule has 2 aliphatic heterocycles. The minimum Gasteiger partial charge on any atom is -0.492 e. The van der Waals surface area contributed by atoms with Crippen molar-refractivity contribution in [1.29, 1.82) is 0 Å². The zero-order valence-corrected chi connectivity index (χ0v) is 17.9. The summed E-state index contributed by atoms with van der Waals surface area (Å²) < 4.78 is 13.1. The Kier molecular flexibility index (Phi) is 8.12. The summed E-state index contributed by atoms with van der Waals surface area (Å²) in [6.07, 6.45) is 4.67. The van der Waals surface area contributed by atoms with Crippen LogP contribution in [0.5, 0.6) is 5.75 Å². The number of fused-ring (bicyclic) bond motifs is 1. The van der Waals surface area contributed by atoms with Crippen molar-refractivity contribution < 1.29 is 14.3 Å². The fraction of sp³-hybridized carbons (Fsp3) is 0.727. The van der Waals surface area contributed by atoms with Gasteiger partial charge in [-0.1, -0.05) is 20.3 Å². The number of carbonyl (C=O) groups is 1. The van der Waals surface area contributed by atoms with Crippen LogP contribution in [0.3, 0.4) is 0 Å². The third-order valence-electron chi connectivity index (χ3n) is 5.52. The Morgan fingerprint density at radius 1 is 1.21 bits per heavy atom. The lowest BCUT2D eigenvalue weighted by atomic mass is 10.1. The zero-order chi connectivity index (χ0) is 20.6. The van der Waals surface area contributed by atoms with Crippen LogP contribution in [-0.4, -0.2) is 61.4 Å². The summed E-state index contributed by atoms with van der Waals surface area (Å²) in [6.45, 7) is 10.3. The van der Waals surface area contributed by atoms with E-state index in [1.807, 2.05) is 0 Å². The number of pyridine rings is 1. The third-order valence-corrected chi connectivity index (χ3v) is 5.52. The predicted octanol–water partition coefficient (Wildman–Crippen LogP) is 2.06. The van der Waals surface area contributed by atoms with E-state index in [1.165, 1.54) is 6.07 Å². The van der Waals surface area contributed by atoms with Crippen molar-refractivity contribution in [1.82, 2.24) is 14.8 Å². The SMILES string of the molecule is CC(C)COc1cc(=O)n2c(c1C(=O)NCCCN1CCOCC1)CCCCC2. The van der Waals surface area contributed by atoms with Crippen molar-refractivity contribution in [2.24, 2.45) is 5.92 Å². The number of rotatable bonds is 8. The van der Waals surface area contributed by atoms with Gasteiger partial charge in [0.2, 0.25) is 0 Å². The summed E-state index contributed by atoms with van der Waals surface area (Å²) in [5, 5.41) is 3.06. The lowest BCUT2D eigenvalue weighted by Gasteiger charge is -2.26. The van der Waals surface area contributed by atoms with Gasteiger partial charge in [0.25, 0.3) is 11.5 Å². The van der Waals surface area contributed by atoms with Crippen LogP contribution < -0.4 is 15.6 Å². The molecule has 1 aromatic rings. The number of nitrogens with one attached hydrogen (secondary N) is 1. The highest BCUT2D eigenvalue weighted by atomic mass is 16.5. The number of morpholine rings is 1. The molecule has 0 bridgehead atoms. The molecular formula is C22H35N3O4. The molecule has 0 unspecified atom stereocenters. The number of amides is 1. The highest BCUT2D eigenvalue weighted by Gasteiger charge is 2.24. The molecule has 0 spiro atoms. The third kappa shape index (κ3) is 6.06. The van der Waals surface area contributed by atoms with E-state index < -0.39 is 0 Å². The second-order valence-corrected chi connectivity index (χ2v) is 8.40. The number of nitrogens with zero attached hydrogens (tertiary/aromatic N) is 2. The average molecular weight is 406 g/mol. The second kappa shape index (κ2) is 10.8. The molecule has 3 heterocycles. The van der Waals surface area contributed by atoms with Crippen LogP contribution >= 0.6 is 0 Å². The van der Waals surface area contributed by atoms with E-state index in [0.717, 1.165) is 70.6 Å². The second-order valence-electron chi connectivity index (χ2n) is 8.40. The summed E-state index contributed by atoms with van der Waals surface area (Å²) in [5.41, 5.74) is 1.32. The van der Waals surface area contributed by atoms with Gasteiger partial charge in [-0.2, -0.15) is 0 Å². The molecule has 29 heavy (non-hydrogen) atoms. The predicted molar refractivity (Wildman–Crippen MR) is 113 cm³/mol. The smallest absolute Gasteiger partial charge is 0.256 e. The normalized spacial score (nSPS) is 17.6. The minimum atomic E-state index is -0.128. The molecule has 0 saturated carbocycles. The molecule has 1 fully saturated rings. The molecule has 0 aromatic carbocycles.